The van der Waals surface area contributed by atoms with Crippen LogP contribution < -0.4 is 0 Å². The van der Waals surface area contributed by atoms with E-state index in [0.717, 1.165) is 4.90 Å². The van der Waals surface area contributed by atoms with Gasteiger partial charge in [0.2, 0.25) is 0 Å². The van der Waals surface area contributed by atoms with E-state index in [1.807, 2.05) is 0 Å². The Bertz CT molecular complexity index is 357. The molecule has 82 valence electrons. The standard InChI is InChI=1S/C9H9F2NO3/c10-8(11)9(14)4-12(5-9)7(13)6-2-1-3-15-6/h1-3,8,14H,4-5H2. The first kappa shape index (κ1) is 10.1. The minimum absolute atomic E-state index is 0.0892. The highest BCUT2D eigenvalue weighted by Crippen LogP contribution is 2.28. The Morgan fingerprint density at radius 1 is 1.60 bits per heavy atom. The van der Waals surface area contributed by atoms with Gasteiger partial charge in [0.15, 0.2) is 11.4 Å². The first-order chi connectivity index (χ1) is 7.03. The predicted octanol–water partition coefficient (Wildman–Crippen LogP) is 0.732. The Morgan fingerprint density at radius 3 is 2.73 bits per heavy atom. The van der Waals surface area contributed by atoms with E-state index in [1.165, 1.54) is 18.4 Å². The molecule has 1 aromatic heterocycles. The molecule has 1 aromatic rings. The maximum absolute atomic E-state index is 12.2. The third kappa shape index (κ3) is 1.61. The number of hydrogen-bond acceptors (Lipinski definition) is 3. The first-order valence-corrected chi connectivity index (χ1v) is 4.36. The van der Waals surface area contributed by atoms with Crippen molar-refractivity contribution in [3.63, 3.8) is 0 Å². The number of carbonyl (C=O) groups is 1. The molecular weight excluding hydrogens is 208 g/mol. The average Bonchev–Trinajstić information content (AvgIpc) is 2.64. The molecule has 2 heterocycles. The van der Waals surface area contributed by atoms with Crippen LogP contribution in [0.25, 0.3) is 0 Å². The van der Waals surface area contributed by atoms with Gasteiger partial charge in [-0.05, 0) is 12.1 Å². The van der Waals surface area contributed by atoms with Crippen LogP contribution >= 0.6 is 0 Å². The molecule has 6 heteroatoms. The van der Waals surface area contributed by atoms with Crippen molar-refractivity contribution in [2.24, 2.45) is 0 Å². The van der Waals surface area contributed by atoms with E-state index in [2.05, 4.69) is 0 Å². The Labute approximate surface area is 84.1 Å². The van der Waals surface area contributed by atoms with Crippen LogP contribution in [-0.4, -0.2) is 41.0 Å². The van der Waals surface area contributed by atoms with Crippen LogP contribution in [0.4, 0.5) is 8.78 Å². The fourth-order valence-electron chi connectivity index (χ4n) is 1.45. The van der Waals surface area contributed by atoms with Crippen LogP contribution in [-0.2, 0) is 0 Å². The molecule has 0 atom stereocenters. The molecule has 0 aliphatic carbocycles. The van der Waals surface area contributed by atoms with Crippen molar-refractivity contribution in [2.45, 2.75) is 12.0 Å². The van der Waals surface area contributed by atoms with E-state index in [-0.39, 0.29) is 18.8 Å². The largest absolute Gasteiger partial charge is 0.459 e. The van der Waals surface area contributed by atoms with E-state index in [4.69, 9.17) is 4.42 Å². The predicted molar refractivity (Wildman–Crippen MR) is 45.6 cm³/mol. The molecule has 2 rings (SSSR count). The molecule has 0 radical (unpaired) electrons. The summed E-state index contributed by atoms with van der Waals surface area (Å²) in [6.07, 6.45) is -1.51. The number of hydrogen-bond donors (Lipinski definition) is 1. The van der Waals surface area contributed by atoms with E-state index >= 15 is 0 Å². The number of likely N-dealkylation sites (tertiary alicyclic amines) is 1. The van der Waals surface area contributed by atoms with Crippen LogP contribution in [0.5, 0.6) is 0 Å². The maximum atomic E-state index is 12.2. The molecule has 4 nitrogen and oxygen atoms in total. The zero-order valence-corrected chi connectivity index (χ0v) is 7.69. The number of amides is 1. The first-order valence-electron chi connectivity index (χ1n) is 4.36. The Morgan fingerprint density at radius 2 is 2.27 bits per heavy atom. The van der Waals surface area contributed by atoms with Gasteiger partial charge in [0.1, 0.15) is 0 Å². The lowest BCUT2D eigenvalue weighted by Gasteiger charge is -2.45. The number of β-amino-alcohol motifs (C(OH)–C–C–N with tert-alkyl or cyclic N) is 1. The van der Waals surface area contributed by atoms with Gasteiger partial charge < -0.3 is 14.4 Å². The van der Waals surface area contributed by atoms with Crippen LogP contribution in [0, 0.1) is 0 Å². The number of halogens is 2. The summed E-state index contributed by atoms with van der Waals surface area (Å²) in [6, 6.07) is 2.98. The number of rotatable bonds is 2. The van der Waals surface area contributed by atoms with Crippen LogP contribution in [0.1, 0.15) is 10.6 Å². The molecule has 1 fully saturated rings. The summed E-state index contributed by atoms with van der Waals surface area (Å²) in [5, 5.41) is 9.23. The summed E-state index contributed by atoms with van der Waals surface area (Å²) in [6.45, 7) is -0.714. The Balaban J connectivity index is 1.98. The van der Waals surface area contributed by atoms with Gasteiger partial charge in [0, 0.05) is 0 Å². The van der Waals surface area contributed by atoms with Gasteiger partial charge in [0.25, 0.3) is 12.3 Å². The number of furan rings is 1. The van der Waals surface area contributed by atoms with Gasteiger partial charge in [-0.2, -0.15) is 0 Å². The van der Waals surface area contributed by atoms with E-state index < -0.39 is 17.9 Å². The zero-order valence-electron chi connectivity index (χ0n) is 7.69. The monoisotopic (exact) mass is 217 g/mol. The molecule has 0 spiro atoms. The normalized spacial score (nSPS) is 19.1. The van der Waals surface area contributed by atoms with Crippen molar-refractivity contribution in [3.05, 3.63) is 24.2 Å². The fraction of sp³-hybridized carbons (Fsp3) is 0.444. The molecule has 1 saturated heterocycles. The highest BCUT2D eigenvalue weighted by atomic mass is 19.3. The van der Waals surface area contributed by atoms with E-state index in [0.29, 0.717) is 0 Å². The number of nitrogens with zero attached hydrogens (tertiary/aromatic N) is 1. The number of aliphatic hydroxyl groups is 1. The van der Waals surface area contributed by atoms with Crippen molar-refractivity contribution < 1.29 is 23.1 Å². The number of carbonyl (C=O) groups excluding carboxylic acids is 1. The second-order valence-corrected chi connectivity index (χ2v) is 3.54. The summed E-state index contributed by atoms with van der Waals surface area (Å²) in [7, 11) is 0. The summed E-state index contributed by atoms with van der Waals surface area (Å²) >= 11 is 0. The Kier molecular flexibility index (Phi) is 2.22. The molecule has 1 N–H and O–H groups in total. The smallest absolute Gasteiger partial charge is 0.289 e. The van der Waals surface area contributed by atoms with Crippen LogP contribution in [0.2, 0.25) is 0 Å². The molecule has 0 aromatic carbocycles. The van der Waals surface area contributed by atoms with E-state index in [1.54, 1.807) is 0 Å². The summed E-state index contributed by atoms with van der Waals surface area (Å²) in [5.41, 5.74) is -2.05. The average molecular weight is 217 g/mol. The van der Waals surface area contributed by atoms with Gasteiger partial charge in [-0.25, -0.2) is 8.78 Å². The maximum Gasteiger partial charge on any atom is 0.289 e. The SMILES string of the molecule is O=C(c1ccco1)N1CC(O)(C(F)F)C1. The lowest BCUT2D eigenvalue weighted by atomic mass is 9.94. The molecule has 0 bridgehead atoms. The minimum atomic E-state index is -2.84. The summed E-state index contributed by atoms with van der Waals surface area (Å²) in [4.78, 5) is 12.6. The summed E-state index contributed by atoms with van der Waals surface area (Å²) in [5.74, 6) is -0.392. The van der Waals surface area contributed by atoms with Crippen molar-refractivity contribution in [3.8, 4) is 0 Å². The lowest BCUT2D eigenvalue weighted by molar-refractivity contribution is -0.166. The van der Waals surface area contributed by atoms with Crippen LogP contribution in [0.15, 0.2) is 22.8 Å². The highest BCUT2D eigenvalue weighted by molar-refractivity contribution is 5.92. The van der Waals surface area contributed by atoms with Gasteiger partial charge in [-0.15, -0.1) is 0 Å². The van der Waals surface area contributed by atoms with Gasteiger partial charge >= 0.3 is 0 Å². The second kappa shape index (κ2) is 3.30. The summed E-state index contributed by atoms with van der Waals surface area (Å²) < 4.78 is 29.3. The molecule has 15 heavy (non-hydrogen) atoms. The van der Waals surface area contributed by atoms with Gasteiger partial charge in [-0.3, -0.25) is 4.79 Å². The molecule has 0 saturated carbocycles. The van der Waals surface area contributed by atoms with Crippen molar-refractivity contribution in [2.75, 3.05) is 13.1 Å². The zero-order chi connectivity index (χ0) is 11.1. The van der Waals surface area contributed by atoms with Crippen molar-refractivity contribution in [1.29, 1.82) is 0 Å². The highest BCUT2D eigenvalue weighted by Gasteiger charge is 2.51. The second-order valence-electron chi connectivity index (χ2n) is 3.54. The molecule has 1 amide bonds. The topological polar surface area (TPSA) is 53.7 Å². The van der Waals surface area contributed by atoms with Crippen LogP contribution in [0.3, 0.4) is 0 Å². The van der Waals surface area contributed by atoms with Gasteiger partial charge in [-0.1, -0.05) is 0 Å². The molecular formula is C9H9F2NO3. The quantitative estimate of drug-likeness (QED) is 0.794. The number of alkyl halides is 2. The fourth-order valence-corrected chi connectivity index (χ4v) is 1.45. The molecule has 0 unspecified atom stereocenters. The third-order valence-electron chi connectivity index (χ3n) is 2.35. The molecule has 1 aliphatic heterocycles. The lowest BCUT2D eigenvalue weighted by Crippen LogP contribution is -2.67. The minimum Gasteiger partial charge on any atom is -0.459 e. The van der Waals surface area contributed by atoms with Crippen molar-refractivity contribution >= 4 is 5.91 Å². The molecule has 1 aliphatic rings. The van der Waals surface area contributed by atoms with Crippen molar-refractivity contribution in [1.82, 2.24) is 4.90 Å². The van der Waals surface area contributed by atoms with Gasteiger partial charge in [0.05, 0.1) is 19.4 Å². The Hall–Kier alpha value is -1.43. The third-order valence-corrected chi connectivity index (χ3v) is 2.35. The van der Waals surface area contributed by atoms with E-state index in [9.17, 15) is 18.7 Å².